The van der Waals surface area contributed by atoms with Crippen molar-refractivity contribution in [2.24, 2.45) is 0 Å². The average Bonchev–Trinajstić information content (AvgIpc) is 2.77. The van der Waals surface area contributed by atoms with Gasteiger partial charge in [0.05, 0.1) is 11.9 Å². The fourth-order valence-electron chi connectivity index (χ4n) is 1.57. The second-order valence-electron chi connectivity index (χ2n) is 4.05. The van der Waals surface area contributed by atoms with Crippen molar-refractivity contribution >= 4 is 16.1 Å². The smallest absolute Gasteiger partial charge is 0.178 e. The standard InChI is InChI=1S/C12H12N2O3S/c1-9-5-11(4-3-10(9)8-15)14-7-12(6-13-14)18(2,16)17/h3-8H,1-2H3. The molecule has 0 atom stereocenters. The summed E-state index contributed by atoms with van der Waals surface area (Å²) >= 11 is 0. The highest BCUT2D eigenvalue weighted by Crippen LogP contribution is 2.15. The van der Waals surface area contributed by atoms with Gasteiger partial charge in [-0.05, 0) is 30.7 Å². The monoisotopic (exact) mass is 264 g/mol. The van der Waals surface area contributed by atoms with Gasteiger partial charge in [0.15, 0.2) is 9.84 Å². The molecule has 0 saturated carbocycles. The van der Waals surface area contributed by atoms with E-state index in [0.717, 1.165) is 18.1 Å². The Balaban J connectivity index is 2.47. The van der Waals surface area contributed by atoms with E-state index >= 15 is 0 Å². The second-order valence-corrected chi connectivity index (χ2v) is 6.07. The van der Waals surface area contributed by atoms with E-state index in [1.807, 2.05) is 6.92 Å². The molecule has 1 heterocycles. The van der Waals surface area contributed by atoms with Gasteiger partial charge in [-0.3, -0.25) is 4.79 Å². The van der Waals surface area contributed by atoms with Crippen LogP contribution in [0.2, 0.25) is 0 Å². The number of hydrogen-bond acceptors (Lipinski definition) is 4. The lowest BCUT2D eigenvalue weighted by molar-refractivity contribution is 0.112. The molecular weight excluding hydrogens is 252 g/mol. The highest BCUT2D eigenvalue weighted by molar-refractivity contribution is 7.90. The minimum Gasteiger partial charge on any atom is -0.298 e. The van der Waals surface area contributed by atoms with Crippen molar-refractivity contribution in [1.82, 2.24) is 9.78 Å². The zero-order chi connectivity index (χ0) is 13.3. The van der Waals surface area contributed by atoms with Gasteiger partial charge < -0.3 is 0 Å². The van der Waals surface area contributed by atoms with Crippen molar-refractivity contribution < 1.29 is 13.2 Å². The van der Waals surface area contributed by atoms with Crippen molar-refractivity contribution in [2.45, 2.75) is 11.8 Å². The molecule has 18 heavy (non-hydrogen) atoms. The number of aromatic nitrogens is 2. The molecule has 1 aromatic heterocycles. The molecule has 0 aliphatic carbocycles. The lowest BCUT2D eigenvalue weighted by Gasteiger charge is -2.04. The molecule has 94 valence electrons. The fraction of sp³-hybridized carbons (Fsp3) is 0.167. The van der Waals surface area contributed by atoms with Crippen molar-refractivity contribution in [3.63, 3.8) is 0 Å². The average molecular weight is 264 g/mol. The first-order valence-corrected chi connectivity index (χ1v) is 7.12. The fourth-order valence-corrected chi connectivity index (χ4v) is 2.10. The number of benzene rings is 1. The predicted octanol–water partition coefficient (Wildman–Crippen LogP) is 1.40. The van der Waals surface area contributed by atoms with Crippen LogP contribution in [0.1, 0.15) is 15.9 Å². The van der Waals surface area contributed by atoms with Crippen LogP contribution < -0.4 is 0 Å². The summed E-state index contributed by atoms with van der Waals surface area (Å²) in [6.45, 7) is 1.81. The Hall–Kier alpha value is -1.95. The van der Waals surface area contributed by atoms with Crippen molar-refractivity contribution in [3.8, 4) is 5.69 Å². The summed E-state index contributed by atoms with van der Waals surface area (Å²) in [5.41, 5.74) is 2.14. The summed E-state index contributed by atoms with van der Waals surface area (Å²) in [6, 6.07) is 5.18. The van der Waals surface area contributed by atoms with E-state index in [1.54, 1.807) is 18.2 Å². The highest BCUT2D eigenvalue weighted by atomic mass is 32.2. The van der Waals surface area contributed by atoms with Crippen LogP contribution in [0.15, 0.2) is 35.5 Å². The molecular formula is C12H12N2O3S. The van der Waals surface area contributed by atoms with E-state index in [1.165, 1.54) is 17.1 Å². The number of hydrogen-bond donors (Lipinski definition) is 0. The van der Waals surface area contributed by atoms with E-state index in [0.29, 0.717) is 11.3 Å². The van der Waals surface area contributed by atoms with Crippen LogP contribution in [0.3, 0.4) is 0 Å². The topological polar surface area (TPSA) is 69.0 Å². The highest BCUT2D eigenvalue weighted by Gasteiger charge is 2.11. The van der Waals surface area contributed by atoms with E-state index < -0.39 is 9.84 Å². The van der Waals surface area contributed by atoms with Gasteiger partial charge >= 0.3 is 0 Å². The summed E-state index contributed by atoms with van der Waals surface area (Å²) < 4.78 is 24.2. The quantitative estimate of drug-likeness (QED) is 0.786. The van der Waals surface area contributed by atoms with Crippen LogP contribution in [0.4, 0.5) is 0 Å². The van der Waals surface area contributed by atoms with Gasteiger partial charge in [-0.1, -0.05) is 0 Å². The minimum atomic E-state index is -3.25. The third kappa shape index (κ3) is 2.33. The van der Waals surface area contributed by atoms with Gasteiger partial charge in [-0.25, -0.2) is 13.1 Å². The Labute approximate surface area is 105 Å². The van der Waals surface area contributed by atoms with Crippen LogP contribution in [0, 0.1) is 6.92 Å². The number of carbonyl (C=O) groups is 1. The molecule has 0 bridgehead atoms. The van der Waals surface area contributed by atoms with E-state index in [2.05, 4.69) is 5.10 Å². The molecule has 0 spiro atoms. The van der Waals surface area contributed by atoms with Crippen molar-refractivity contribution in [1.29, 1.82) is 0 Å². The van der Waals surface area contributed by atoms with Gasteiger partial charge in [0.2, 0.25) is 0 Å². The molecule has 5 nitrogen and oxygen atoms in total. The van der Waals surface area contributed by atoms with Gasteiger partial charge in [0.25, 0.3) is 0 Å². The molecule has 0 fully saturated rings. The number of sulfone groups is 1. The Morgan fingerprint density at radius 3 is 2.56 bits per heavy atom. The van der Waals surface area contributed by atoms with Crippen LogP contribution in [-0.2, 0) is 9.84 Å². The first kappa shape index (κ1) is 12.5. The van der Waals surface area contributed by atoms with Gasteiger partial charge in [0.1, 0.15) is 11.2 Å². The van der Waals surface area contributed by atoms with Crippen LogP contribution in [0.5, 0.6) is 0 Å². The van der Waals surface area contributed by atoms with E-state index in [-0.39, 0.29) is 4.90 Å². The summed E-state index contributed by atoms with van der Waals surface area (Å²) in [7, 11) is -3.25. The number of rotatable bonds is 3. The molecule has 0 radical (unpaired) electrons. The summed E-state index contributed by atoms with van der Waals surface area (Å²) in [4.78, 5) is 10.9. The van der Waals surface area contributed by atoms with Crippen LogP contribution >= 0.6 is 0 Å². The summed E-state index contributed by atoms with van der Waals surface area (Å²) in [5.74, 6) is 0. The summed E-state index contributed by atoms with van der Waals surface area (Å²) in [6.07, 6.45) is 4.67. The molecule has 0 amide bonds. The number of carbonyl (C=O) groups excluding carboxylic acids is 1. The first-order valence-electron chi connectivity index (χ1n) is 5.23. The number of aldehydes is 1. The Bertz CT molecular complexity index is 702. The maximum Gasteiger partial charge on any atom is 0.178 e. The lowest BCUT2D eigenvalue weighted by Crippen LogP contribution is -1.97. The van der Waals surface area contributed by atoms with Crippen LogP contribution in [0.25, 0.3) is 5.69 Å². The Morgan fingerprint density at radius 2 is 2.06 bits per heavy atom. The SMILES string of the molecule is Cc1cc(-n2cc(S(C)(=O)=O)cn2)ccc1C=O. The first-order chi connectivity index (χ1) is 8.41. The molecule has 0 saturated heterocycles. The largest absolute Gasteiger partial charge is 0.298 e. The van der Waals surface area contributed by atoms with Gasteiger partial charge in [-0.2, -0.15) is 5.10 Å². The molecule has 6 heteroatoms. The molecule has 0 N–H and O–H groups in total. The molecule has 2 aromatic rings. The molecule has 0 unspecified atom stereocenters. The second kappa shape index (κ2) is 4.38. The van der Waals surface area contributed by atoms with E-state index in [4.69, 9.17) is 0 Å². The maximum absolute atomic E-state index is 11.3. The van der Waals surface area contributed by atoms with Crippen LogP contribution in [-0.4, -0.2) is 30.7 Å². The van der Waals surface area contributed by atoms with Crippen molar-refractivity contribution in [2.75, 3.05) is 6.26 Å². The van der Waals surface area contributed by atoms with Gasteiger partial charge in [-0.15, -0.1) is 0 Å². The molecule has 1 aromatic carbocycles. The molecule has 0 aliphatic rings. The lowest BCUT2D eigenvalue weighted by atomic mass is 10.1. The number of aryl methyl sites for hydroxylation is 1. The number of nitrogens with zero attached hydrogens (tertiary/aromatic N) is 2. The third-order valence-electron chi connectivity index (χ3n) is 2.63. The Morgan fingerprint density at radius 1 is 1.33 bits per heavy atom. The molecule has 2 rings (SSSR count). The predicted molar refractivity (Wildman–Crippen MR) is 66.8 cm³/mol. The zero-order valence-electron chi connectivity index (χ0n) is 9.99. The van der Waals surface area contributed by atoms with Gasteiger partial charge in [0, 0.05) is 18.0 Å². The third-order valence-corrected chi connectivity index (χ3v) is 3.70. The maximum atomic E-state index is 11.3. The zero-order valence-corrected chi connectivity index (χ0v) is 10.8. The molecule has 0 aliphatic heterocycles. The normalized spacial score (nSPS) is 11.4. The Kier molecular flexibility index (Phi) is 3.04. The van der Waals surface area contributed by atoms with Crippen molar-refractivity contribution in [3.05, 3.63) is 41.7 Å². The van der Waals surface area contributed by atoms with E-state index in [9.17, 15) is 13.2 Å². The minimum absolute atomic E-state index is 0.166. The summed E-state index contributed by atoms with van der Waals surface area (Å²) in [5, 5.41) is 4.00.